The summed E-state index contributed by atoms with van der Waals surface area (Å²) in [6.45, 7) is 1.77. The number of phenolic OH excluding ortho intramolecular Hbond substituents is 2. The van der Waals surface area contributed by atoms with Gasteiger partial charge in [-0.1, -0.05) is 18.5 Å². The quantitative estimate of drug-likeness (QED) is 0.598. The first-order valence-corrected chi connectivity index (χ1v) is 8.04. The van der Waals surface area contributed by atoms with Gasteiger partial charge in [-0.05, 0) is 42.8 Å². The number of aromatic carboxylic acids is 1. The van der Waals surface area contributed by atoms with E-state index in [0.717, 1.165) is 0 Å². The fraction of sp³-hybridized carbons (Fsp3) is 0.111. The molecule has 0 aliphatic carbocycles. The number of rotatable bonds is 4. The monoisotopic (exact) mass is 376 g/mol. The van der Waals surface area contributed by atoms with Crippen LogP contribution < -0.4 is 0 Å². The van der Waals surface area contributed by atoms with E-state index in [1.165, 1.54) is 41.1 Å². The first-order valence-electron chi connectivity index (χ1n) is 7.66. The molecule has 0 radical (unpaired) electrons. The maximum absolute atomic E-state index is 13.4. The lowest BCUT2D eigenvalue weighted by molar-refractivity contribution is 0.0696. The number of carboxylic acids is 1. The highest BCUT2D eigenvalue weighted by atomic mass is 35.5. The van der Waals surface area contributed by atoms with Crippen LogP contribution in [0.2, 0.25) is 5.02 Å². The summed E-state index contributed by atoms with van der Waals surface area (Å²) in [5.74, 6) is -2.51. The van der Waals surface area contributed by atoms with Crippen LogP contribution >= 0.6 is 11.6 Å². The third-order valence-electron chi connectivity index (χ3n) is 3.93. The molecule has 0 unspecified atom stereocenters. The van der Waals surface area contributed by atoms with Crippen molar-refractivity contribution >= 4 is 17.6 Å². The van der Waals surface area contributed by atoms with Gasteiger partial charge < -0.3 is 15.3 Å². The molecule has 2 aromatic carbocycles. The molecule has 0 bridgehead atoms. The highest BCUT2D eigenvalue weighted by Gasteiger charge is 2.25. The summed E-state index contributed by atoms with van der Waals surface area (Å²) in [7, 11) is 0. The molecular weight excluding hydrogens is 363 g/mol. The van der Waals surface area contributed by atoms with E-state index >= 15 is 0 Å². The van der Waals surface area contributed by atoms with Crippen LogP contribution in [0, 0.1) is 5.82 Å². The lowest BCUT2D eigenvalue weighted by atomic mass is 10.0. The second kappa shape index (κ2) is 6.68. The lowest BCUT2D eigenvalue weighted by Gasteiger charge is -2.07. The Kier molecular flexibility index (Phi) is 4.56. The fourth-order valence-electron chi connectivity index (χ4n) is 2.71. The molecule has 0 spiro atoms. The van der Waals surface area contributed by atoms with E-state index in [-0.39, 0.29) is 22.0 Å². The van der Waals surface area contributed by atoms with E-state index in [1.54, 1.807) is 6.92 Å². The Balaban J connectivity index is 2.28. The van der Waals surface area contributed by atoms with Crippen LogP contribution in [0.25, 0.3) is 16.9 Å². The zero-order valence-corrected chi connectivity index (χ0v) is 14.3. The summed E-state index contributed by atoms with van der Waals surface area (Å²) >= 11 is 5.83. The van der Waals surface area contributed by atoms with Gasteiger partial charge in [0, 0.05) is 5.56 Å². The molecule has 3 aromatic rings. The van der Waals surface area contributed by atoms with Crippen LogP contribution in [-0.4, -0.2) is 31.1 Å². The summed E-state index contributed by atoms with van der Waals surface area (Å²) in [6, 6.07) is 7.89. The fourth-order valence-corrected chi connectivity index (χ4v) is 2.88. The Morgan fingerprint density at radius 1 is 1.19 bits per heavy atom. The number of aromatic nitrogens is 2. The maximum atomic E-state index is 13.4. The van der Waals surface area contributed by atoms with Crippen LogP contribution in [-0.2, 0) is 6.42 Å². The van der Waals surface area contributed by atoms with Crippen LogP contribution in [0.15, 0.2) is 36.4 Å². The molecular formula is C18H14ClFN2O4. The smallest absolute Gasteiger partial charge is 0.339 e. The van der Waals surface area contributed by atoms with Crippen LogP contribution in [0.1, 0.15) is 23.0 Å². The molecule has 0 atom stereocenters. The minimum Gasteiger partial charge on any atom is -0.504 e. The largest absolute Gasteiger partial charge is 0.504 e. The van der Waals surface area contributed by atoms with Crippen molar-refractivity contribution in [1.82, 2.24) is 9.78 Å². The number of benzene rings is 2. The number of aromatic hydroxyl groups is 2. The third kappa shape index (κ3) is 2.97. The minimum absolute atomic E-state index is 0.0435. The predicted molar refractivity (Wildman–Crippen MR) is 93.6 cm³/mol. The number of nitrogens with zero attached hydrogens (tertiary/aromatic N) is 2. The van der Waals surface area contributed by atoms with Gasteiger partial charge >= 0.3 is 5.97 Å². The van der Waals surface area contributed by atoms with Gasteiger partial charge in [-0.2, -0.15) is 5.10 Å². The summed E-state index contributed by atoms with van der Waals surface area (Å²) in [5, 5.41) is 33.1. The first kappa shape index (κ1) is 17.8. The summed E-state index contributed by atoms with van der Waals surface area (Å²) in [6.07, 6.45) is 0.341. The number of carboxylic acid groups (broad SMARTS) is 1. The predicted octanol–water partition coefficient (Wildman–Crippen LogP) is 4.00. The minimum atomic E-state index is -1.19. The second-order valence-corrected chi connectivity index (χ2v) is 5.95. The van der Waals surface area contributed by atoms with E-state index in [4.69, 9.17) is 11.6 Å². The Hall–Kier alpha value is -3.06. The Morgan fingerprint density at radius 3 is 2.50 bits per heavy atom. The van der Waals surface area contributed by atoms with Crippen LogP contribution in [0.3, 0.4) is 0 Å². The van der Waals surface area contributed by atoms with Gasteiger partial charge in [-0.25, -0.2) is 13.9 Å². The van der Waals surface area contributed by atoms with Crippen molar-refractivity contribution in [3.05, 3.63) is 58.5 Å². The summed E-state index contributed by atoms with van der Waals surface area (Å²) < 4.78 is 14.8. The van der Waals surface area contributed by atoms with Gasteiger partial charge in [0.05, 0.1) is 16.4 Å². The maximum Gasteiger partial charge on any atom is 0.339 e. The van der Waals surface area contributed by atoms with E-state index in [1.807, 2.05) is 0 Å². The van der Waals surface area contributed by atoms with Crippen molar-refractivity contribution in [1.29, 1.82) is 0 Å². The highest BCUT2D eigenvalue weighted by molar-refractivity contribution is 6.30. The molecule has 0 fully saturated rings. The van der Waals surface area contributed by atoms with Gasteiger partial charge in [0.25, 0.3) is 0 Å². The Labute approximate surface area is 152 Å². The number of halogens is 2. The topological polar surface area (TPSA) is 95.6 Å². The summed E-state index contributed by atoms with van der Waals surface area (Å²) in [5.41, 5.74) is 1.19. The molecule has 0 aliphatic heterocycles. The van der Waals surface area contributed by atoms with Gasteiger partial charge in [0.15, 0.2) is 11.5 Å². The second-order valence-electron chi connectivity index (χ2n) is 5.54. The van der Waals surface area contributed by atoms with Crippen molar-refractivity contribution < 1.29 is 24.5 Å². The van der Waals surface area contributed by atoms with Crippen molar-refractivity contribution in [2.75, 3.05) is 0 Å². The van der Waals surface area contributed by atoms with Crippen molar-refractivity contribution in [3.63, 3.8) is 0 Å². The SMILES string of the molecule is CCc1c(C(=O)O)c(-c2ccc(O)c(O)c2)nn1-c1ccc(F)c(Cl)c1. The molecule has 3 rings (SSSR count). The van der Waals surface area contributed by atoms with E-state index in [9.17, 15) is 24.5 Å². The van der Waals surface area contributed by atoms with E-state index in [2.05, 4.69) is 5.10 Å². The zero-order valence-electron chi connectivity index (χ0n) is 13.6. The van der Waals surface area contributed by atoms with Crippen molar-refractivity contribution in [2.24, 2.45) is 0 Å². The van der Waals surface area contributed by atoms with Gasteiger partial charge in [-0.15, -0.1) is 0 Å². The molecule has 1 aromatic heterocycles. The normalized spacial score (nSPS) is 10.9. The lowest BCUT2D eigenvalue weighted by Crippen LogP contribution is -2.06. The molecule has 0 aliphatic rings. The highest BCUT2D eigenvalue weighted by Crippen LogP contribution is 2.34. The summed E-state index contributed by atoms with van der Waals surface area (Å²) in [4.78, 5) is 11.8. The molecule has 0 saturated carbocycles. The van der Waals surface area contributed by atoms with Crippen LogP contribution in [0.4, 0.5) is 4.39 Å². The molecule has 8 heteroatoms. The molecule has 0 amide bonds. The number of phenols is 2. The van der Waals surface area contributed by atoms with Crippen molar-refractivity contribution in [2.45, 2.75) is 13.3 Å². The van der Waals surface area contributed by atoms with Crippen molar-refractivity contribution in [3.8, 4) is 28.4 Å². The Bertz CT molecular complexity index is 1020. The first-order chi connectivity index (χ1) is 12.3. The third-order valence-corrected chi connectivity index (χ3v) is 4.22. The van der Waals surface area contributed by atoms with Gasteiger partial charge in [-0.3, -0.25) is 0 Å². The molecule has 26 heavy (non-hydrogen) atoms. The molecule has 1 heterocycles. The molecule has 6 nitrogen and oxygen atoms in total. The van der Waals surface area contributed by atoms with Gasteiger partial charge in [0.1, 0.15) is 17.1 Å². The Morgan fingerprint density at radius 2 is 1.92 bits per heavy atom. The molecule has 3 N–H and O–H groups in total. The van der Waals surface area contributed by atoms with E-state index in [0.29, 0.717) is 23.4 Å². The van der Waals surface area contributed by atoms with Gasteiger partial charge in [0.2, 0.25) is 0 Å². The van der Waals surface area contributed by atoms with E-state index < -0.39 is 17.5 Å². The standard InChI is InChI=1S/C18H14ClFN2O4/c1-2-13-16(18(25)26)17(9-3-6-14(23)15(24)7-9)21-22(13)10-4-5-12(20)11(19)8-10/h3-8,23-24H,2H2,1H3,(H,25,26). The zero-order chi connectivity index (χ0) is 19.0. The number of hydrogen-bond acceptors (Lipinski definition) is 4. The molecule has 0 saturated heterocycles. The average molecular weight is 377 g/mol. The van der Waals surface area contributed by atoms with Crippen LogP contribution in [0.5, 0.6) is 11.5 Å². The number of carbonyl (C=O) groups is 1. The average Bonchev–Trinajstić information content (AvgIpc) is 2.99. The molecule has 134 valence electrons. The number of hydrogen-bond donors (Lipinski definition) is 3.